The molecule has 0 aliphatic heterocycles. The second-order valence-corrected chi connectivity index (χ2v) is 5.23. The lowest BCUT2D eigenvalue weighted by atomic mass is 10.1. The second-order valence-electron chi connectivity index (χ2n) is 5.23. The summed E-state index contributed by atoms with van der Waals surface area (Å²) in [5.41, 5.74) is 2.52. The third-order valence-corrected chi connectivity index (χ3v) is 3.72. The maximum atomic E-state index is 5.96. The van der Waals surface area contributed by atoms with Crippen molar-refractivity contribution in [1.29, 1.82) is 0 Å². The molecule has 0 saturated heterocycles. The zero-order valence-electron chi connectivity index (χ0n) is 11.5. The summed E-state index contributed by atoms with van der Waals surface area (Å²) in [5, 5.41) is 3.44. The van der Waals surface area contributed by atoms with Gasteiger partial charge in [0.2, 0.25) is 0 Å². The maximum Gasteiger partial charge on any atom is 0.0642 e. The average Bonchev–Trinajstić information content (AvgIpc) is 2.65. The van der Waals surface area contributed by atoms with Gasteiger partial charge in [-0.25, -0.2) is 0 Å². The van der Waals surface area contributed by atoms with E-state index in [1.54, 1.807) is 0 Å². The number of nitrogens with one attached hydrogen (secondary N) is 1. The van der Waals surface area contributed by atoms with Crippen LogP contribution in [0.3, 0.4) is 0 Å². The Morgan fingerprint density at radius 3 is 2.56 bits per heavy atom. The Labute approximate surface area is 111 Å². The molecule has 0 atom stereocenters. The van der Waals surface area contributed by atoms with Crippen molar-refractivity contribution in [1.82, 2.24) is 0 Å². The highest BCUT2D eigenvalue weighted by Gasteiger charge is 2.11. The van der Waals surface area contributed by atoms with Crippen LogP contribution in [-0.2, 0) is 4.74 Å². The Hall–Kier alpha value is -1.02. The van der Waals surface area contributed by atoms with Gasteiger partial charge in [0, 0.05) is 12.2 Å². The van der Waals surface area contributed by atoms with Crippen LogP contribution in [0.5, 0.6) is 0 Å². The Morgan fingerprint density at radius 1 is 1.11 bits per heavy atom. The van der Waals surface area contributed by atoms with E-state index < -0.39 is 0 Å². The number of hydrogen-bond donors (Lipinski definition) is 1. The summed E-state index contributed by atoms with van der Waals surface area (Å²) in [6.07, 6.45) is 8.48. The third kappa shape index (κ3) is 4.34. The van der Waals surface area contributed by atoms with Crippen LogP contribution in [0.4, 0.5) is 5.69 Å². The molecule has 0 heterocycles. The molecule has 0 spiro atoms. The van der Waals surface area contributed by atoms with Crippen molar-refractivity contribution in [3.05, 3.63) is 29.8 Å². The summed E-state index contributed by atoms with van der Waals surface area (Å²) >= 11 is 0. The fourth-order valence-electron chi connectivity index (χ4n) is 2.59. The van der Waals surface area contributed by atoms with Crippen LogP contribution < -0.4 is 5.32 Å². The molecule has 18 heavy (non-hydrogen) atoms. The highest BCUT2D eigenvalue weighted by Crippen LogP contribution is 2.19. The third-order valence-electron chi connectivity index (χ3n) is 3.72. The molecular weight excluding hydrogens is 222 g/mol. The molecule has 1 fully saturated rings. The summed E-state index contributed by atoms with van der Waals surface area (Å²) in [4.78, 5) is 0. The molecule has 1 aromatic rings. The van der Waals surface area contributed by atoms with E-state index in [0.717, 1.165) is 13.2 Å². The van der Waals surface area contributed by atoms with Crippen LogP contribution in [0, 0.1) is 6.92 Å². The van der Waals surface area contributed by atoms with Crippen LogP contribution in [0.25, 0.3) is 0 Å². The predicted octanol–water partition coefficient (Wildman–Crippen LogP) is 4.15. The van der Waals surface area contributed by atoms with Gasteiger partial charge in [-0.2, -0.15) is 0 Å². The minimum Gasteiger partial charge on any atom is -0.383 e. The summed E-state index contributed by atoms with van der Waals surface area (Å²) in [5.74, 6) is 0. The van der Waals surface area contributed by atoms with Gasteiger partial charge in [-0.3, -0.25) is 0 Å². The number of anilines is 1. The van der Waals surface area contributed by atoms with Crippen LogP contribution in [0.2, 0.25) is 0 Å². The molecule has 1 N–H and O–H groups in total. The van der Waals surface area contributed by atoms with Gasteiger partial charge in [-0.05, 0) is 31.4 Å². The normalized spacial score (nSPS) is 17.4. The molecule has 0 bridgehead atoms. The van der Waals surface area contributed by atoms with Gasteiger partial charge in [0.25, 0.3) is 0 Å². The molecular formula is C16H25NO. The molecule has 2 rings (SSSR count). The van der Waals surface area contributed by atoms with Crippen molar-refractivity contribution in [2.45, 2.75) is 51.6 Å². The molecule has 0 unspecified atom stereocenters. The van der Waals surface area contributed by atoms with E-state index in [1.165, 1.54) is 49.8 Å². The number of para-hydroxylation sites is 1. The number of hydrogen-bond acceptors (Lipinski definition) is 2. The zero-order valence-corrected chi connectivity index (χ0v) is 11.5. The van der Waals surface area contributed by atoms with Crippen LogP contribution in [0.15, 0.2) is 24.3 Å². The first kappa shape index (κ1) is 13.4. The summed E-state index contributed by atoms with van der Waals surface area (Å²) in [7, 11) is 0. The topological polar surface area (TPSA) is 21.3 Å². The van der Waals surface area contributed by atoms with Crippen molar-refractivity contribution in [3.8, 4) is 0 Å². The smallest absolute Gasteiger partial charge is 0.0642 e. The van der Waals surface area contributed by atoms with Gasteiger partial charge in [0.1, 0.15) is 0 Å². The molecule has 2 nitrogen and oxygen atoms in total. The van der Waals surface area contributed by atoms with Crippen LogP contribution in [0.1, 0.15) is 44.1 Å². The Balaban J connectivity index is 1.65. The van der Waals surface area contributed by atoms with E-state index in [-0.39, 0.29) is 0 Å². The molecule has 2 heteroatoms. The van der Waals surface area contributed by atoms with E-state index in [0.29, 0.717) is 6.10 Å². The molecule has 100 valence electrons. The van der Waals surface area contributed by atoms with E-state index in [9.17, 15) is 0 Å². The molecule has 0 radical (unpaired) electrons. The Bertz CT molecular complexity index is 343. The van der Waals surface area contributed by atoms with Gasteiger partial charge >= 0.3 is 0 Å². The fraction of sp³-hybridized carbons (Fsp3) is 0.625. The second kappa shape index (κ2) is 7.42. The molecule has 1 saturated carbocycles. The monoisotopic (exact) mass is 247 g/mol. The molecule has 0 aromatic heterocycles. The molecule has 1 aliphatic rings. The van der Waals surface area contributed by atoms with Crippen LogP contribution >= 0.6 is 0 Å². The molecule has 1 aromatic carbocycles. The number of benzene rings is 1. The number of ether oxygens (including phenoxy) is 1. The van der Waals surface area contributed by atoms with Gasteiger partial charge in [0.15, 0.2) is 0 Å². The largest absolute Gasteiger partial charge is 0.383 e. The van der Waals surface area contributed by atoms with Gasteiger partial charge < -0.3 is 10.1 Å². The maximum absolute atomic E-state index is 5.96. The highest BCUT2D eigenvalue weighted by atomic mass is 16.5. The lowest BCUT2D eigenvalue weighted by molar-refractivity contribution is 0.0501. The standard InChI is InChI=1S/C16H25NO/c1-14-8-6-7-11-16(14)17-12-13-18-15-9-4-2-3-5-10-15/h6-8,11,15,17H,2-5,9-10,12-13H2,1H3. The molecule has 1 aliphatic carbocycles. The number of rotatable bonds is 5. The van der Waals surface area contributed by atoms with Crippen LogP contribution in [-0.4, -0.2) is 19.3 Å². The predicted molar refractivity (Wildman–Crippen MR) is 77.1 cm³/mol. The van der Waals surface area contributed by atoms with Crippen molar-refractivity contribution in [2.75, 3.05) is 18.5 Å². The Morgan fingerprint density at radius 2 is 1.83 bits per heavy atom. The SMILES string of the molecule is Cc1ccccc1NCCOC1CCCCCC1. The van der Waals surface area contributed by atoms with Gasteiger partial charge in [-0.1, -0.05) is 43.9 Å². The molecule has 0 amide bonds. The summed E-state index contributed by atoms with van der Waals surface area (Å²) < 4.78 is 5.96. The van der Waals surface area contributed by atoms with Crippen molar-refractivity contribution >= 4 is 5.69 Å². The van der Waals surface area contributed by atoms with Crippen molar-refractivity contribution < 1.29 is 4.74 Å². The van der Waals surface area contributed by atoms with Crippen molar-refractivity contribution in [2.24, 2.45) is 0 Å². The quantitative estimate of drug-likeness (QED) is 0.623. The fourth-order valence-corrected chi connectivity index (χ4v) is 2.59. The minimum atomic E-state index is 0.506. The van der Waals surface area contributed by atoms with E-state index in [2.05, 4.69) is 36.5 Å². The van der Waals surface area contributed by atoms with E-state index in [1.807, 2.05) is 0 Å². The minimum absolute atomic E-state index is 0.506. The summed E-state index contributed by atoms with van der Waals surface area (Å²) in [6, 6.07) is 8.40. The lowest BCUT2D eigenvalue weighted by Gasteiger charge is -2.16. The first-order chi connectivity index (χ1) is 8.86. The average molecular weight is 247 g/mol. The van der Waals surface area contributed by atoms with Gasteiger partial charge in [-0.15, -0.1) is 0 Å². The Kier molecular flexibility index (Phi) is 5.53. The summed E-state index contributed by atoms with van der Waals surface area (Å²) in [6.45, 7) is 3.86. The van der Waals surface area contributed by atoms with Gasteiger partial charge in [0.05, 0.1) is 12.7 Å². The van der Waals surface area contributed by atoms with Crippen molar-refractivity contribution in [3.63, 3.8) is 0 Å². The van der Waals surface area contributed by atoms with E-state index in [4.69, 9.17) is 4.74 Å². The highest BCUT2D eigenvalue weighted by molar-refractivity contribution is 5.50. The first-order valence-electron chi connectivity index (χ1n) is 7.27. The number of aryl methyl sites for hydroxylation is 1. The zero-order chi connectivity index (χ0) is 12.6. The van der Waals surface area contributed by atoms with E-state index >= 15 is 0 Å². The first-order valence-corrected chi connectivity index (χ1v) is 7.27. The lowest BCUT2D eigenvalue weighted by Crippen LogP contribution is -2.17.